The summed E-state index contributed by atoms with van der Waals surface area (Å²) in [6.07, 6.45) is 4.54. The minimum absolute atomic E-state index is 0.489. The van der Waals surface area contributed by atoms with E-state index in [1.165, 1.54) is 18.4 Å². The number of hydrogen-bond donors (Lipinski definition) is 1. The van der Waals surface area contributed by atoms with Crippen molar-refractivity contribution >= 4 is 0 Å². The van der Waals surface area contributed by atoms with E-state index in [9.17, 15) is 0 Å². The average molecular weight is 294 g/mol. The fourth-order valence-electron chi connectivity index (χ4n) is 2.67. The van der Waals surface area contributed by atoms with Crippen LogP contribution in [0.2, 0.25) is 0 Å². The molecule has 0 amide bonds. The molecule has 2 rings (SSSR count). The van der Waals surface area contributed by atoms with Crippen molar-refractivity contribution < 1.29 is 9.15 Å². The molecule has 1 unspecified atom stereocenters. The van der Waals surface area contributed by atoms with Crippen LogP contribution in [0.5, 0.6) is 0 Å². The Bertz CT molecular complexity index is 413. The van der Waals surface area contributed by atoms with Gasteiger partial charge in [0.25, 0.3) is 0 Å². The lowest BCUT2D eigenvalue weighted by Crippen LogP contribution is -2.37. The molecule has 1 atom stereocenters. The van der Waals surface area contributed by atoms with Gasteiger partial charge in [0.05, 0.1) is 19.4 Å². The summed E-state index contributed by atoms with van der Waals surface area (Å²) in [6, 6.07) is 3.18. The van der Waals surface area contributed by atoms with Crippen LogP contribution in [0, 0.1) is 5.92 Å². The highest BCUT2D eigenvalue weighted by Crippen LogP contribution is 2.35. The van der Waals surface area contributed by atoms with Gasteiger partial charge in [-0.3, -0.25) is 4.90 Å². The number of hydrogen-bond acceptors (Lipinski definition) is 4. The highest BCUT2D eigenvalue weighted by molar-refractivity contribution is 5.17. The van der Waals surface area contributed by atoms with E-state index in [2.05, 4.69) is 37.1 Å². The molecule has 4 nitrogen and oxygen atoms in total. The van der Waals surface area contributed by atoms with Gasteiger partial charge in [-0.05, 0) is 31.7 Å². The number of furan rings is 1. The number of nitrogens with zero attached hydrogens (tertiary/aromatic N) is 1. The summed E-state index contributed by atoms with van der Waals surface area (Å²) < 4.78 is 11.0. The van der Waals surface area contributed by atoms with Crippen molar-refractivity contribution in [1.82, 2.24) is 10.2 Å². The van der Waals surface area contributed by atoms with Gasteiger partial charge in [-0.25, -0.2) is 0 Å². The molecule has 1 N–H and O–H groups in total. The smallest absolute Gasteiger partial charge is 0.122 e. The van der Waals surface area contributed by atoms with Crippen LogP contribution in [0.1, 0.15) is 44.9 Å². The molecule has 1 saturated carbocycles. The third-order valence-electron chi connectivity index (χ3n) is 4.35. The normalized spacial score (nSPS) is 16.9. The molecule has 0 radical (unpaired) electrons. The molecule has 1 aliphatic carbocycles. The van der Waals surface area contributed by atoms with Gasteiger partial charge in [0.2, 0.25) is 0 Å². The summed E-state index contributed by atoms with van der Waals surface area (Å²) >= 11 is 0. The zero-order valence-corrected chi connectivity index (χ0v) is 13.9. The van der Waals surface area contributed by atoms with Crippen LogP contribution >= 0.6 is 0 Å². The monoisotopic (exact) mass is 294 g/mol. The van der Waals surface area contributed by atoms with E-state index < -0.39 is 0 Å². The minimum Gasteiger partial charge on any atom is -0.468 e. The summed E-state index contributed by atoms with van der Waals surface area (Å²) in [4.78, 5) is 2.50. The Labute approximate surface area is 128 Å². The van der Waals surface area contributed by atoms with Crippen molar-refractivity contribution in [1.29, 1.82) is 0 Å². The fraction of sp³-hybridized carbons (Fsp3) is 0.765. The SMILES string of the molecule is COCCN(Cc1occc1CNC(C)C)C(C)C1CC1. The Hall–Kier alpha value is -0.840. The molecule has 1 aromatic rings. The Balaban J connectivity index is 1.96. The van der Waals surface area contributed by atoms with Crippen molar-refractivity contribution in [3.63, 3.8) is 0 Å². The molecule has 4 heteroatoms. The summed E-state index contributed by atoms with van der Waals surface area (Å²) in [7, 11) is 1.77. The van der Waals surface area contributed by atoms with Crippen molar-refractivity contribution in [2.24, 2.45) is 5.92 Å². The molecule has 1 aromatic heterocycles. The quantitative estimate of drug-likeness (QED) is 0.720. The zero-order valence-electron chi connectivity index (χ0n) is 13.9. The fourth-order valence-corrected chi connectivity index (χ4v) is 2.67. The van der Waals surface area contributed by atoms with Crippen molar-refractivity contribution in [2.45, 2.75) is 58.8 Å². The molecule has 120 valence electrons. The summed E-state index contributed by atoms with van der Waals surface area (Å²) in [5.74, 6) is 1.95. The molecular weight excluding hydrogens is 264 g/mol. The van der Waals surface area contributed by atoms with Gasteiger partial charge in [-0.15, -0.1) is 0 Å². The predicted molar refractivity (Wildman–Crippen MR) is 85.2 cm³/mol. The lowest BCUT2D eigenvalue weighted by Gasteiger charge is -2.28. The highest BCUT2D eigenvalue weighted by Gasteiger charge is 2.32. The van der Waals surface area contributed by atoms with Crippen molar-refractivity contribution in [2.75, 3.05) is 20.3 Å². The third-order valence-corrected chi connectivity index (χ3v) is 4.35. The maximum atomic E-state index is 5.74. The molecule has 1 heterocycles. The predicted octanol–water partition coefficient (Wildman–Crippen LogP) is 3.02. The molecule has 0 bridgehead atoms. The van der Waals surface area contributed by atoms with Gasteiger partial charge in [-0.1, -0.05) is 13.8 Å². The second-order valence-electron chi connectivity index (χ2n) is 6.45. The van der Waals surface area contributed by atoms with E-state index >= 15 is 0 Å². The lowest BCUT2D eigenvalue weighted by atomic mass is 10.1. The zero-order chi connectivity index (χ0) is 15.2. The first-order chi connectivity index (χ1) is 10.1. The Morgan fingerprint density at radius 1 is 1.38 bits per heavy atom. The number of ether oxygens (including phenoxy) is 1. The van der Waals surface area contributed by atoms with Gasteiger partial charge in [0, 0.05) is 37.8 Å². The summed E-state index contributed by atoms with van der Waals surface area (Å²) in [5.41, 5.74) is 1.27. The van der Waals surface area contributed by atoms with Crippen LogP contribution in [0.25, 0.3) is 0 Å². The van der Waals surface area contributed by atoms with E-state index in [4.69, 9.17) is 9.15 Å². The van der Waals surface area contributed by atoms with Gasteiger partial charge in [-0.2, -0.15) is 0 Å². The van der Waals surface area contributed by atoms with Gasteiger partial charge < -0.3 is 14.5 Å². The molecule has 0 aromatic carbocycles. The maximum Gasteiger partial charge on any atom is 0.122 e. The first-order valence-electron chi connectivity index (χ1n) is 8.13. The molecule has 1 fully saturated rings. The maximum absolute atomic E-state index is 5.74. The van der Waals surface area contributed by atoms with E-state index in [0.717, 1.165) is 37.9 Å². The van der Waals surface area contributed by atoms with Gasteiger partial charge in [0.1, 0.15) is 5.76 Å². The molecule has 0 spiro atoms. The third kappa shape index (κ3) is 5.13. The van der Waals surface area contributed by atoms with E-state index in [1.807, 2.05) is 6.26 Å². The van der Waals surface area contributed by atoms with Crippen LogP contribution in [-0.2, 0) is 17.8 Å². The topological polar surface area (TPSA) is 37.6 Å². The molecule has 1 aliphatic rings. The molecule has 21 heavy (non-hydrogen) atoms. The van der Waals surface area contributed by atoms with E-state index in [1.54, 1.807) is 7.11 Å². The second kappa shape index (κ2) is 7.97. The van der Waals surface area contributed by atoms with Crippen molar-refractivity contribution in [3.05, 3.63) is 23.7 Å². The lowest BCUT2D eigenvalue weighted by molar-refractivity contribution is 0.105. The van der Waals surface area contributed by atoms with Crippen LogP contribution < -0.4 is 5.32 Å². The van der Waals surface area contributed by atoms with Crippen LogP contribution in [0.15, 0.2) is 16.7 Å². The average Bonchev–Trinajstić information content (AvgIpc) is 3.21. The second-order valence-corrected chi connectivity index (χ2v) is 6.45. The first-order valence-corrected chi connectivity index (χ1v) is 8.13. The minimum atomic E-state index is 0.489. The first kappa shape index (κ1) is 16.5. The van der Waals surface area contributed by atoms with Gasteiger partial charge in [0.15, 0.2) is 0 Å². The summed E-state index contributed by atoms with van der Waals surface area (Å²) in [6.45, 7) is 10.2. The van der Waals surface area contributed by atoms with Crippen LogP contribution in [-0.4, -0.2) is 37.2 Å². The summed E-state index contributed by atoms with van der Waals surface area (Å²) in [5, 5.41) is 3.47. The standard InChI is InChI=1S/C17H30N2O2/c1-13(2)18-11-16-7-9-21-17(16)12-19(8-10-20-4)14(3)15-5-6-15/h7,9,13-15,18H,5-6,8,10-12H2,1-4H3. The number of nitrogens with one attached hydrogen (secondary N) is 1. The largest absolute Gasteiger partial charge is 0.468 e. The molecule has 0 aliphatic heterocycles. The van der Waals surface area contributed by atoms with Crippen LogP contribution in [0.3, 0.4) is 0 Å². The van der Waals surface area contributed by atoms with Crippen molar-refractivity contribution in [3.8, 4) is 0 Å². The molecular formula is C17H30N2O2. The van der Waals surface area contributed by atoms with Crippen LogP contribution in [0.4, 0.5) is 0 Å². The van der Waals surface area contributed by atoms with E-state index in [-0.39, 0.29) is 0 Å². The Kier molecular flexibility index (Phi) is 6.27. The highest BCUT2D eigenvalue weighted by atomic mass is 16.5. The Morgan fingerprint density at radius 3 is 2.76 bits per heavy atom. The van der Waals surface area contributed by atoms with E-state index in [0.29, 0.717) is 12.1 Å². The van der Waals surface area contributed by atoms with Gasteiger partial charge >= 0.3 is 0 Å². The Morgan fingerprint density at radius 2 is 2.14 bits per heavy atom. The molecule has 0 saturated heterocycles. The number of rotatable bonds is 10. The number of methoxy groups -OCH3 is 1.